The summed E-state index contributed by atoms with van der Waals surface area (Å²) in [5.41, 5.74) is 1.86. The SMILES string of the molecule is O=c1cc(N2CCCCC2)oc2c(-c3cccs3)csc12. The highest BCUT2D eigenvalue weighted by Crippen LogP contribution is 2.36. The summed E-state index contributed by atoms with van der Waals surface area (Å²) in [5.74, 6) is 0.725. The van der Waals surface area contributed by atoms with Gasteiger partial charge in [0.15, 0.2) is 11.5 Å². The Morgan fingerprint density at radius 3 is 2.76 bits per heavy atom. The molecule has 21 heavy (non-hydrogen) atoms. The van der Waals surface area contributed by atoms with Gasteiger partial charge in [-0.25, -0.2) is 0 Å². The first-order chi connectivity index (χ1) is 10.3. The van der Waals surface area contributed by atoms with E-state index in [4.69, 9.17) is 4.42 Å². The largest absolute Gasteiger partial charge is 0.439 e. The molecule has 0 amide bonds. The van der Waals surface area contributed by atoms with Gasteiger partial charge in [0.1, 0.15) is 4.70 Å². The summed E-state index contributed by atoms with van der Waals surface area (Å²) in [6, 6.07) is 5.75. The Morgan fingerprint density at radius 2 is 2.00 bits per heavy atom. The summed E-state index contributed by atoms with van der Waals surface area (Å²) in [4.78, 5) is 15.7. The molecule has 1 fully saturated rings. The Hall–Kier alpha value is -1.59. The zero-order chi connectivity index (χ0) is 14.2. The van der Waals surface area contributed by atoms with Crippen molar-refractivity contribution in [2.24, 2.45) is 0 Å². The van der Waals surface area contributed by atoms with Crippen LogP contribution in [0.5, 0.6) is 0 Å². The van der Waals surface area contributed by atoms with Crippen molar-refractivity contribution in [1.29, 1.82) is 0 Å². The van der Waals surface area contributed by atoms with Crippen LogP contribution in [0, 0.1) is 0 Å². The van der Waals surface area contributed by atoms with E-state index in [2.05, 4.69) is 11.0 Å². The van der Waals surface area contributed by atoms with Gasteiger partial charge < -0.3 is 9.32 Å². The number of fused-ring (bicyclic) bond motifs is 1. The minimum Gasteiger partial charge on any atom is -0.439 e. The summed E-state index contributed by atoms with van der Waals surface area (Å²) in [7, 11) is 0. The smallest absolute Gasteiger partial charge is 0.204 e. The fraction of sp³-hybridized carbons (Fsp3) is 0.312. The van der Waals surface area contributed by atoms with Crippen molar-refractivity contribution in [2.75, 3.05) is 18.0 Å². The lowest BCUT2D eigenvalue weighted by Crippen LogP contribution is -2.29. The van der Waals surface area contributed by atoms with E-state index in [0.29, 0.717) is 0 Å². The first kappa shape index (κ1) is 13.1. The molecule has 4 rings (SSSR count). The van der Waals surface area contributed by atoms with Crippen LogP contribution in [0.15, 0.2) is 38.2 Å². The van der Waals surface area contributed by atoms with Gasteiger partial charge in [0, 0.05) is 35.0 Å². The zero-order valence-electron chi connectivity index (χ0n) is 11.5. The molecule has 0 radical (unpaired) electrons. The third kappa shape index (κ3) is 2.30. The van der Waals surface area contributed by atoms with Gasteiger partial charge in [-0.1, -0.05) is 6.07 Å². The molecule has 5 heteroatoms. The summed E-state index contributed by atoms with van der Waals surface area (Å²) in [5, 5.41) is 4.08. The highest BCUT2D eigenvalue weighted by molar-refractivity contribution is 7.18. The van der Waals surface area contributed by atoms with E-state index in [9.17, 15) is 4.79 Å². The van der Waals surface area contributed by atoms with Gasteiger partial charge in [0.2, 0.25) is 5.43 Å². The summed E-state index contributed by atoms with van der Waals surface area (Å²) in [6.45, 7) is 1.96. The predicted octanol–water partition coefficient (Wildman–Crippen LogP) is 4.57. The maximum absolute atomic E-state index is 12.4. The predicted molar refractivity (Wildman–Crippen MR) is 89.7 cm³/mol. The Balaban J connectivity index is 1.87. The molecule has 1 aliphatic rings. The number of anilines is 1. The number of nitrogens with zero attached hydrogens (tertiary/aromatic N) is 1. The highest BCUT2D eigenvalue weighted by atomic mass is 32.1. The lowest BCUT2D eigenvalue weighted by molar-refractivity contribution is 0.513. The van der Waals surface area contributed by atoms with E-state index in [1.54, 1.807) is 17.4 Å². The van der Waals surface area contributed by atoms with Crippen LogP contribution in [-0.4, -0.2) is 13.1 Å². The molecule has 3 nitrogen and oxygen atoms in total. The van der Waals surface area contributed by atoms with E-state index in [-0.39, 0.29) is 5.43 Å². The molecule has 3 aromatic heterocycles. The molecule has 0 aliphatic carbocycles. The standard InChI is InChI=1S/C16H15NO2S2/c18-12-9-14(17-6-2-1-3-7-17)19-15-11(10-21-16(12)15)13-5-4-8-20-13/h4-5,8-10H,1-3,6-7H2. The maximum Gasteiger partial charge on any atom is 0.204 e. The second-order valence-electron chi connectivity index (χ2n) is 5.28. The molecular weight excluding hydrogens is 302 g/mol. The molecule has 0 bridgehead atoms. The van der Waals surface area contributed by atoms with Gasteiger partial charge in [0.25, 0.3) is 0 Å². The number of piperidine rings is 1. The van der Waals surface area contributed by atoms with Crippen LogP contribution in [0.3, 0.4) is 0 Å². The van der Waals surface area contributed by atoms with E-state index in [1.165, 1.54) is 30.6 Å². The third-order valence-corrected chi connectivity index (χ3v) is 5.76. The quantitative estimate of drug-likeness (QED) is 0.694. The van der Waals surface area contributed by atoms with Crippen LogP contribution in [0.25, 0.3) is 20.7 Å². The van der Waals surface area contributed by atoms with Crippen molar-refractivity contribution < 1.29 is 4.42 Å². The van der Waals surface area contributed by atoms with Crippen LogP contribution >= 0.6 is 22.7 Å². The van der Waals surface area contributed by atoms with Gasteiger partial charge in [-0.2, -0.15) is 0 Å². The van der Waals surface area contributed by atoms with Crippen molar-refractivity contribution in [3.8, 4) is 10.4 Å². The second-order valence-corrected chi connectivity index (χ2v) is 7.11. The zero-order valence-corrected chi connectivity index (χ0v) is 13.1. The molecule has 0 unspecified atom stereocenters. The van der Waals surface area contributed by atoms with E-state index in [1.807, 2.05) is 16.8 Å². The molecule has 0 spiro atoms. The minimum atomic E-state index is 0.0737. The molecular formula is C16H15NO2S2. The lowest BCUT2D eigenvalue weighted by Gasteiger charge is -2.26. The van der Waals surface area contributed by atoms with Crippen LogP contribution in [0.1, 0.15) is 19.3 Å². The van der Waals surface area contributed by atoms with Crippen molar-refractivity contribution in [3.05, 3.63) is 39.2 Å². The van der Waals surface area contributed by atoms with Gasteiger partial charge in [0.05, 0.1) is 0 Å². The summed E-state index contributed by atoms with van der Waals surface area (Å²) < 4.78 is 6.84. The Morgan fingerprint density at radius 1 is 1.14 bits per heavy atom. The minimum absolute atomic E-state index is 0.0737. The monoisotopic (exact) mass is 317 g/mol. The summed E-state index contributed by atoms with van der Waals surface area (Å²) in [6.07, 6.45) is 3.61. The highest BCUT2D eigenvalue weighted by Gasteiger charge is 2.18. The molecule has 3 aromatic rings. The van der Waals surface area contributed by atoms with Crippen LogP contribution in [0.2, 0.25) is 0 Å². The first-order valence-corrected chi connectivity index (χ1v) is 8.93. The van der Waals surface area contributed by atoms with Crippen LogP contribution in [-0.2, 0) is 0 Å². The fourth-order valence-corrected chi connectivity index (χ4v) is 4.52. The molecule has 0 aromatic carbocycles. The van der Waals surface area contributed by atoms with Crippen molar-refractivity contribution >= 4 is 38.8 Å². The molecule has 1 aliphatic heterocycles. The van der Waals surface area contributed by atoms with Gasteiger partial charge >= 0.3 is 0 Å². The van der Waals surface area contributed by atoms with Gasteiger partial charge in [-0.15, -0.1) is 22.7 Å². The van der Waals surface area contributed by atoms with Crippen LogP contribution < -0.4 is 10.3 Å². The topological polar surface area (TPSA) is 33.5 Å². The van der Waals surface area contributed by atoms with Gasteiger partial charge in [-0.05, 0) is 30.7 Å². The molecule has 0 N–H and O–H groups in total. The average molecular weight is 317 g/mol. The van der Waals surface area contributed by atoms with E-state index in [0.717, 1.165) is 39.7 Å². The van der Waals surface area contributed by atoms with Crippen molar-refractivity contribution in [1.82, 2.24) is 0 Å². The second kappa shape index (κ2) is 5.31. The molecule has 0 atom stereocenters. The third-order valence-electron chi connectivity index (χ3n) is 3.88. The number of thiophene rings is 2. The van der Waals surface area contributed by atoms with Gasteiger partial charge in [-0.3, -0.25) is 4.79 Å². The Bertz CT molecular complexity index is 811. The summed E-state index contributed by atoms with van der Waals surface area (Å²) >= 11 is 3.15. The fourth-order valence-electron chi connectivity index (χ4n) is 2.80. The number of hydrogen-bond acceptors (Lipinski definition) is 5. The van der Waals surface area contributed by atoms with E-state index < -0.39 is 0 Å². The van der Waals surface area contributed by atoms with Crippen LogP contribution in [0.4, 0.5) is 5.88 Å². The van der Waals surface area contributed by atoms with E-state index >= 15 is 0 Å². The molecule has 1 saturated heterocycles. The molecule has 108 valence electrons. The molecule has 4 heterocycles. The first-order valence-electron chi connectivity index (χ1n) is 7.17. The Kier molecular flexibility index (Phi) is 3.31. The van der Waals surface area contributed by atoms with Crippen molar-refractivity contribution in [3.63, 3.8) is 0 Å². The van der Waals surface area contributed by atoms with Crippen molar-refractivity contribution in [2.45, 2.75) is 19.3 Å². The Labute approximate surface area is 130 Å². The maximum atomic E-state index is 12.4. The normalized spacial score (nSPS) is 15.7. The number of hydrogen-bond donors (Lipinski definition) is 0. The lowest BCUT2D eigenvalue weighted by atomic mass is 10.1. The molecule has 0 saturated carbocycles. The average Bonchev–Trinajstić information content (AvgIpc) is 3.16. The number of rotatable bonds is 2.